The van der Waals surface area contributed by atoms with E-state index in [1.807, 2.05) is 0 Å². The van der Waals surface area contributed by atoms with Crippen LogP contribution in [0.2, 0.25) is 0 Å². The summed E-state index contributed by atoms with van der Waals surface area (Å²) in [6.07, 6.45) is 12.8. The van der Waals surface area contributed by atoms with Crippen LogP contribution in [0.1, 0.15) is 71.6 Å². The van der Waals surface area contributed by atoms with Crippen LogP contribution in [0.15, 0.2) is 0 Å². The Hall–Kier alpha value is -0.0800. The Labute approximate surface area is 120 Å². The highest BCUT2D eigenvalue weighted by Crippen LogP contribution is 2.33. The molecule has 0 aromatic carbocycles. The highest BCUT2D eigenvalue weighted by Gasteiger charge is 2.43. The summed E-state index contributed by atoms with van der Waals surface area (Å²) < 4.78 is 0. The summed E-state index contributed by atoms with van der Waals surface area (Å²) in [7, 11) is 2.31. The highest BCUT2D eigenvalue weighted by atomic mass is 15.3. The Balaban J connectivity index is 1.82. The van der Waals surface area contributed by atoms with Gasteiger partial charge in [0.25, 0.3) is 0 Å². The van der Waals surface area contributed by atoms with E-state index in [1.54, 1.807) is 0 Å². The smallest absolute Gasteiger partial charge is 0.0242 e. The van der Waals surface area contributed by atoms with E-state index >= 15 is 0 Å². The third-order valence-electron chi connectivity index (χ3n) is 5.31. The molecule has 2 rings (SSSR count). The number of fused-ring (bicyclic) bond motifs is 2. The van der Waals surface area contributed by atoms with Crippen molar-refractivity contribution < 1.29 is 0 Å². The minimum absolute atomic E-state index is 0.866. The van der Waals surface area contributed by atoms with Gasteiger partial charge in [-0.3, -0.25) is 4.90 Å². The summed E-state index contributed by atoms with van der Waals surface area (Å²) in [6.45, 7) is 7.31. The number of likely N-dealkylation sites (tertiary alicyclic amines) is 2. The third-order valence-corrected chi connectivity index (χ3v) is 5.31. The van der Waals surface area contributed by atoms with Gasteiger partial charge in [-0.05, 0) is 26.3 Å². The van der Waals surface area contributed by atoms with Crippen LogP contribution in [0.3, 0.4) is 0 Å². The van der Waals surface area contributed by atoms with Gasteiger partial charge in [0.1, 0.15) is 0 Å². The van der Waals surface area contributed by atoms with Gasteiger partial charge in [-0.25, -0.2) is 0 Å². The first kappa shape index (κ1) is 15.3. The number of unbranched alkanes of at least 4 members (excludes halogenated alkanes) is 4. The SMILES string of the molecule is CCCCCC(CCCCC)N1CC2CC1CN2C. The molecule has 0 N–H and O–H groups in total. The number of hydrogen-bond donors (Lipinski definition) is 0. The van der Waals surface area contributed by atoms with Crippen molar-refractivity contribution in [2.45, 2.75) is 89.8 Å². The largest absolute Gasteiger partial charge is 0.301 e. The van der Waals surface area contributed by atoms with E-state index in [0.29, 0.717) is 0 Å². The van der Waals surface area contributed by atoms with Crippen molar-refractivity contribution in [1.29, 1.82) is 0 Å². The zero-order valence-corrected chi connectivity index (χ0v) is 13.4. The minimum Gasteiger partial charge on any atom is -0.301 e. The summed E-state index contributed by atoms with van der Waals surface area (Å²) >= 11 is 0. The van der Waals surface area contributed by atoms with Crippen molar-refractivity contribution in [3.63, 3.8) is 0 Å². The molecule has 2 heterocycles. The summed E-state index contributed by atoms with van der Waals surface area (Å²) in [5.41, 5.74) is 0. The Morgan fingerprint density at radius 2 is 1.53 bits per heavy atom. The van der Waals surface area contributed by atoms with Crippen LogP contribution in [0.25, 0.3) is 0 Å². The Morgan fingerprint density at radius 1 is 0.895 bits per heavy atom. The lowest BCUT2D eigenvalue weighted by Gasteiger charge is -2.38. The van der Waals surface area contributed by atoms with Gasteiger partial charge in [0.15, 0.2) is 0 Å². The average molecular weight is 266 g/mol. The molecule has 0 amide bonds. The van der Waals surface area contributed by atoms with E-state index in [4.69, 9.17) is 0 Å². The fraction of sp³-hybridized carbons (Fsp3) is 1.00. The molecule has 2 unspecified atom stereocenters. The van der Waals surface area contributed by atoms with E-state index in [9.17, 15) is 0 Å². The van der Waals surface area contributed by atoms with Crippen molar-refractivity contribution in [1.82, 2.24) is 9.80 Å². The molecule has 2 bridgehead atoms. The zero-order valence-electron chi connectivity index (χ0n) is 13.4. The zero-order chi connectivity index (χ0) is 13.7. The molecule has 19 heavy (non-hydrogen) atoms. The first-order chi connectivity index (χ1) is 9.26. The van der Waals surface area contributed by atoms with Crippen molar-refractivity contribution in [3.8, 4) is 0 Å². The van der Waals surface area contributed by atoms with Crippen molar-refractivity contribution in [2.75, 3.05) is 20.1 Å². The Morgan fingerprint density at radius 3 is 1.95 bits per heavy atom. The van der Waals surface area contributed by atoms with Gasteiger partial charge in [0.05, 0.1) is 0 Å². The van der Waals surface area contributed by atoms with Gasteiger partial charge in [-0.2, -0.15) is 0 Å². The molecular formula is C17H34N2. The van der Waals surface area contributed by atoms with E-state index in [2.05, 4.69) is 30.7 Å². The van der Waals surface area contributed by atoms with Crippen molar-refractivity contribution >= 4 is 0 Å². The molecule has 0 spiro atoms. The molecule has 2 atom stereocenters. The number of rotatable bonds is 9. The molecule has 0 aromatic rings. The third kappa shape index (κ3) is 3.95. The van der Waals surface area contributed by atoms with Gasteiger partial charge < -0.3 is 4.90 Å². The molecule has 2 fully saturated rings. The monoisotopic (exact) mass is 266 g/mol. The highest BCUT2D eigenvalue weighted by molar-refractivity contribution is 5.00. The van der Waals surface area contributed by atoms with Crippen LogP contribution >= 0.6 is 0 Å². The van der Waals surface area contributed by atoms with Gasteiger partial charge in [-0.1, -0.05) is 52.4 Å². The maximum absolute atomic E-state index is 2.88. The molecular weight excluding hydrogens is 232 g/mol. The molecule has 2 aliphatic rings. The molecule has 2 aliphatic heterocycles. The molecule has 0 saturated carbocycles. The van der Waals surface area contributed by atoms with Crippen LogP contribution in [0.4, 0.5) is 0 Å². The van der Waals surface area contributed by atoms with Crippen LogP contribution in [-0.2, 0) is 0 Å². The lowest BCUT2D eigenvalue weighted by atomic mass is 9.99. The molecule has 2 heteroatoms. The topological polar surface area (TPSA) is 6.48 Å². The average Bonchev–Trinajstić information content (AvgIpc) is 2.96. The Kier molecular flexibility index (Phi) is 6.15. The standard InChI is InChI=1S/C17H34N2/c1-4-6-8-10-15(11-9-7-5-2)19-14-16-12-17(19)13-18(16)3/h15-17H,4-14H2,1-3H3. The van der Waals surface area contributed by atoms with E-state index in [1.165, 1.54) is 70.9 Å². The van der Waals surface area contributed by atoms with E-state index < -0.39 is 0 Å². The van der Waals surface area contributed by atoms with Crippen LogP contribution in [-0.4, -0.2) is 48.1 Å². The summed E-state index contributed by atoms with van der Waals surface area (Å²) in [5, 5.41) is 0. The molecule has 2 nitrogen and oxygen atoms in total. The molecule has 0 aliphatic carbocycles. The second-order valence-electron chi connectivity index (χ2n) is 6.83. The molecule has 2 saturated heterocycles. The fourth-order valence-electron chi connectivity index (χ4n) is 4.08. The Bertz CT molecular complexity index is 242. The van der Waals surface area contributed by atoms with Gasteiger partial charge in [-0.15, -0.1) is 0 Å². The lowest BCUT2D eigenvalue weighted by Crippen LogP contribution is -2.49. The molecule has 112 valence electrons. The van der Waals surface area contributed by atoms with Crippen LogP contribution < -0.4 is 0 Å². The number of piperazine rings is 1. The summed E-state index contributed by atoms with van der Waals surface area (Å²) in [4.78, 5) is 5.46. The number of nitrogens with zero attached hydrogens (tertiary/aromatic N) is 2. The predicted octanol–water partition coefficient (Wildman–Crippen LogP) is 3.90. The molecule has 0 radical (unpaired) electrons. The quantitative estimate of drug-likeness (QED) is 0.584. The van der Waals surface area contributed by atoms with Gasteiger partial charge in [0.2, 0.25) is 0 Å². The summed E-state index contributed by atoms with van der Waals surface area (Å²) in [6, 6.07) is 2.63. The maximum Gasteiger partial charge on any atom is 0.0242 e. The maximum atomic E-state index is 2.88. The number of hydrogen-bond acceptors (Lipinski definition) is 2. The predicted molar refractivity (Wildman–Crippen MR) is 83.6 cm³/mol. The summed E-state index contributed by atoms with van der Waals surface area (Å²) in [5.74, 6) is 0. The second kappa shape index (κ2) is 7.64. The van der Waals surface area contributed by atoms with E-state index in [0.717, 1.165) is 18.1 Å². The van der Waals surface area contributed by atoms with Gasteiger partial charge in [0, 0.05) is 31.2 Å². The first-order valence-electron chi connectivity index (χ1n) is 8.72. The lowest BCUT2D eigenvalue weighted by molar-refractivity contribution is 0.0939. The fourth-order valence-corrected chi connectivity index (χ4v) is 4.08. The first-order valence-corrected chi connectivity index (χ1v) is 8.72. The normalized spacial score (nSPS) is 27.8. The second-order valence-corrected chi connectivity index (χ2v) is 6.83. The van der Waals surface area contributed by atoms with Gasteiger partial charge >= 0.3 is 0 Å². The molecule has 0 aromatic heterocycles. The van der Waals surface area contributed by atoms with Crippen molar-refractivity contribution in [2.24, 2.45) is 0 Å². The van der Waals surface area contributed by atoms with Crippen LogP contribution in [0.5, 0.6) is 0 Å². The minimum atomic E-state index is 0.866. The van der Waals surface area contributed by atoms with Crippen LogP contribution in [0, 0.1) is 0 Å². The number of likely N-dealkylation sites (N-methyl/N-ethyl adjacent to an activating group) is 1. The van der Waals surface area contributed by atoms with Crippen molar-refractivity contribution in [3.05, 3.63) is 0 Å². The van der Waals surface area contributed by atoms with E-state index in [-0.39, 0.29) is 0 Å².